The molecule has 0 aliphatic rings. The third kappa shape index (κ3) is 8.08. The van der Waals surface area contributed by atoms with Crippen molar-refractivity contribution in [2.45, 2.75) is 26.9 Å². The Morgan fingerprint density at radius 3 is 2.04 bits per heavy atom. The fourth-order valence-corrected chi connectivity index (χ4v) is 2.00. The highest BCUT2D eigenvalue weighted by Gasteiger charge is 2.29. The van der Waals surface area contributed by atoms with Gasteiger partial charge in [0.25, 0.3) is 0 Å². The Hall–Kier alpha value is -1.92. The summed E-state index contributed by atoms with van der Waals surface area (Å²) in [5, 5.41) is 0. The second-order valence-corrected chi connectivity index (χ2v) is 5.00. The van der Waals surface area contributed by atoms with Crippen LogP contribution in [0, 0.1) is 5.92 Å². The van der Waals surface area contributed by atoms with E-state index < -0.39 is 17.9 Å². The molecule has 0 fully saturated rings. The van der Waals surface area contributed by atoms with Crippen molar-refractivity contribution in [1.29, 1.82) is 0 Å². The third-order valence-electron chi connectivity index (χ3n) is 3.18. The molecule has 0 saturated carbocycles. The van der Waals surface area contributed by atoms with Gasteiger partial charge in [0, 0.05) is 6.61 Å². The first kappa shape index (κ1) is 20.1. The van der Waals surface area contributed by atoms with Gasteiger partial charge in [-0.15, -0.1) is 0 Å². The maximum absolute atomic E-state index is 11.8. The Morgan fingerprint density at radius 1 is 0.875 bits per heavy atom. The van der Waals surface area contributed by atoms with Gasteiger partial charge in [-0.05, 0) is 25.8 Å². The molecule has 1 aromatic rings. The molecule has 24 heavy (non-hydrogen) atoms. The molecule has 134 valence electrons. The van der Waals surface area contributed by atoms with Gasteiger partial charge < -0.3 is 18.9 Å². The molecule has 1 rings (SSSR count). The number of carbonyl (C=O) groups excluding carboxylic acids is 2. The summed E-state index contributed by atoms with van der Waals surface area (Å²) in [5.74, 6) is -2.07. The average molecular weight is 338 g/mol. The van der Waals surface area contributed by atoms with Gasteiger partial charge in [-0.3, -0.25) is 9.59 Å². The lowest BCUT2D eigenvalue weighted by Gasteiger charge is -2.14. The molecule has 0 N–H and O–H groups in total. The largest absolute Gasteiger partial charge is 0.465 e. The van der Waals surface area contributed by atoms with E-state index >= 15 is 0 Å². The quantitative estimate of drug-likeness (QED) is 0.331. The van der Waals surface area contributed by atoms with Gasteiger partial charge in [0.1, 0.15) is 0 Å². The number of hydrogen-bond donors (Lipinski definition) is 0. The van der Waals surface area contributed by atoms with Crippen LogP contribution in [0.3, 0.4) is 0 Å². The zero-order valence-corrected chi connectivity index (χ0v) is 14.4. The van der Waals surface area contributed by atoms with E-state index in [1.54, 1.807) is 13.8 Å². The summed E-state index contributed by atoms with van der Waals surface area (Å²) in [4.78, 5) is 23.6. The Balaban J connectivity index is 2.19. The first-order valence-corrected chi connectivity index (χ1v) is 8.21. The van der Waals surface area contributed by atoms with E-state index in [1.165, 1.54) is 0 Å². The van der Waals surface area contributed by atoms with Crippen molar-refractivity contribution in [1.82, 2.24) is 0 Å². The van der Waals surface area contributed by atoms with Crippen molar-refractivity contribution in [2.75, 3.05) is 33.0 Å². The smallest absolute Gasteiger partial charge is 0.320 e. The monoisotopic (exact) mass is 338 g/mol. The van der Waals surface area contributed by atoms with Crippen molar-refractivity contribution >= 4 is 11.9 Å². The molecule has 0 aromatic heterocycles. The van der Waals surface area contributed by atoms with Gasteiger partial charge in [-0.25, -0.2) is 0 Å². The van der Waals surface area contributed by atoms with Gasteiger partial charge in [-0.1, -0.05) is 30.3 Å². The highest BCUT2D eigenvalue weighted by atomic mass is 16.6. The molecule has 0 amide bonds. The van der Waals surface area contributed by atoms with E-state index in [0.717, 1.165) is 5.56 Å². The molecule has 0 atom stereocenters. The van der Waals surface area contributed by atoms with Crippen molar-refractivity contribution in [3.63, 3.8) is 0 Å². The summed E-state index contributed by atoms with van der Waals surface area (Å²) >= 11 is 0. The van der Waals surface area contributed by atoms with Gasteiger partial charge >= 0.3 is 11.9 Å². The van der Waals surface area contributed by atoms with Crippen LogP contribution in [0.4, 0.5) is 0 Å². The maximum atomic E-state index is 11.8. The summed E-state index contributed by atoms with van der Waals surface area (Å²) in [7, 11) is 0. The lowest BCUT2D eigenvalue weighted by atomic mass is 10.1. The van der Waals surface area contributed by atoms with E-state index in [2.05, 4.69) is 0 Å². The van der Waals surface area contributed by atoms with Gasteiger partial charge in [0.15, 0.2) is 5.92 Å². The molecule has 0 aliphatic heterocycles. The van der Waals surface area contributed by atoms with Gasteiger partial charge in [0.2, 0.25) is 0 Å². The second kappa shape index (κ2) is 12.5. The van der Waals surface area contributed by atoms with Crippen LogP contribution in [0.1, 0.15) is 25.8 Å². The van der Waals surface area contributed by atoms with Gasteiger partial charge in [-0.2, -0.15) is 0 Å². The number of rotatable bonds is 12. The molecule has 6 nitrogen and oxygen atoms in total. The van der Waals surface area contributed by atoms with Crippen LogP contribution in [-0.2, 0) is 35.1 Å². The normalized spacial score (nSPS) is 10.6. The Bertz CT molecular complexity index is 456. The molecule has 0 bridgehead atoms. The average Bonchev–Trinajstić information content (AvgIpc) is 2.58. The van der Waals surface area contributed by atoms with Crippen LogP contribution in [0.5, 0.6) is 0 Å². The van der Waals surface area contributed by atoms with Crippen molar-refractivity contribution in [3.05, 3.63) is 35.9 Å². The summed E-state index contributed by atoms with van der Waals surface area (Å²) in [6.07, 6.45) is 0.232. The molecule has 6 heteroatoms. The molecule has 1 aromatic carbocycles. The number of carbonyl (C=O) groups is 2. The first-order chi connectivity index (χ1) is 11.7. The van der Waals surface area contributed by atoms with Crippen LogP contribution in [0.15, 0.2) is 30.3 Å². The predicted molar refractivity (Wildman–Crippen MR) is 88.3 cm³/mol. The third-order valence-corrected chi connectivity index (χ3v) is 3.18. The topological polar surface area (TPSA) is 71.1 Å². The molecular formula is C18H26O6. The first-order valence-electron chi connectivity index (χ1n) is 8.21. The molecule has 0 spiro atoms. The lowest BCUT2D eigenvalue weighted by Crippen LogP contribution is -2.29. The van der Waals surface area contributed by atoms with E-state index in [9.17, 15) is 9.59 Å². The summed E-state index contributed by atoms with van der Waals surface area (Å²) < 4.78 is 20.7. The van der Waals surface area contributed by atoms with E-state index in [-0.39, 0.29) is 26.2 Å². The molecular weight excluding hydrogens is 312 g/mol. The number of ether oxygens (including phenoxy) is 4. The highest BCUT2D eigenvalue weighted by molar-refractivity contribution is 5.94. The second-order valence-electron chi connectivity index (χ2n) is 5.00. The number of esters is 2. The zero-order valence-electron chi connectivity index (χ0n) is 14.4. The van der Waals surface area contributed by atoms with Crippen molar-refractivity contribution < 1.29 is 28.5 Å². The van der Waals surface area contributed by atoms with E-state index in [1.807, 2.05) is 30.3 Å². The van der Waals surface area contributed by atoms with Crippen molar-refractivity contribution in [3.8, 4) is 0 Å². The fourth-order valence-electron chi connectivity index (χ4n) is 2.00. The Labute approximate surface area is 143 Å². The summed E-state index contributed by atoms with van der Waals surface area (Å²) in [6.45, 7) is 5.46. The van der Waals surface area contributed by atoms with Crippen molar-refractivity contribution in [2.24, 2.45) is 5.92 Å². The highest BCUT2D eigenvalue weighted by Crippen LogP contribution is 2.09. The molecule has 0 saturated heterocycles. The van der Waals surface area contributed by atoms with E-state index in [4.69, 9.17) is 18.9 Å². The standard InChI is InChI=1S/C18H26O6/c1-3-23-17(19)16(18(20)24-4-2)10-11-21-12-13-22-14-15-8-6-5-7-9-15/h5-9,16H,3-4,10-14H2,1-2H3. The fraction of sp³-hybridized carbons (Fsp3) is 0.556. The summed E-state index contributed by atoms with van der Waals surface area (Å²) in [5.41, 5.74) is 1.10. The lowest BCUT2D eigenvalue weighted by molar-refractivity contribution is -0.162. The Morgan fingerprint density at radius 2 is 1.46 bits per heavy atom. The minimum Gasteiger partial charge on any atom is -0.465 e. The minimum absolute atomic E-state index is 0.225. The molecule has 0 heterocycles. The molecule has 0 aliphatic carbocycles. The molecule has 0 radical (unpaired) electrons. The number of hydrogen-bond acceptors (Lipinski definition) is 6. The van der Waals surface area contributed by atoms with Crippen LogP contribution in [0.2, 0.25) is 0 Å². The van der Waals surface area contributed by atoms with Crippen LogP contribution < -0.4 is 0 Å². The molecule has 0 unspecified atom stereocenters. The minimum atomic E-state index is -0.935. The summed E-state index contributed by atoms with van der Waals surface area (Å²) in [6, 6.07) is 9.85. The van der Waals surface area contributed by atoms with Crippen LogP contribution in [0.25, 0.3) is 0 Å². The Kier molecular flexibility index (Phi) is 10.5. The maximum Gasteiger partial charge on any atom is 0.320 e. The van der Waals surface area contributed by atoms with Crippen LogP contribution in [-0.4, -0.2) is 45.0 Å². The van der Waals surface area contributed by atoms with Crippen LogP contribution >= 0.6 is 0 Å². The zero-order chi connectivity index (χ0) is 17.6. The van der Waals surface area contributed by atoms with Gasteiger partial charge in [0.05, 0.1) is 33.0 Å². The van der Waals surface area contributed by atoms with E-state index in [0.29, 0.717) is 19.8 Å². The number of benzene rings is 1. The SMILES string of the molecule is CCOC(=O)C(CCOCCOCc1ccccc1)C(=O)OCC. The predicted octanol–water partition coefficient (Wildman–Crippen LogP) is 2.35.